The summed E-state index contributed by atoms with van der Waals surface area (Å²) >= 11 is 0. The van der Waals surface area contributed by atoms with Gasteiger partial charge in [-0.2, -0.15) is 13.2 Å². The van der Waals surface area contributed by atoms with E-state index in [1.165, 1.54) is 7.11 Å². The summed E-state index contributed by atoms with van der Waals surface area (Å²) in [6.07, 6.45) is -4.20. The van der Waals surface area contributed by atoms with Gasteiger partial charge in [-0.3, -0.25) is 0 Å². The molecule has 90 valence electrons. The highest BCUT2D eigenvalue weighted by atomic mass is 19.4. The van der Waals surface area contributed by atoms with Gasteiger partial charge < -0.3 is 14.7 Å². The fourth-order valence-electron chi connectivity index (χ4n) is 2.00. The molecule has 0 saturated carbocycles. The van der Waals surface area contributed by atoms with Gasteiger partial charge in [0.1, 0.15) is 5.41 Å². The van der Waals surface area contributed by atoms with Crippen LogP contribution in [0, 0.1) is 5.41 Å². The van der Waals surface area contributed by atoms with E-state index in [1.54, 1.807) is 4.90 Å². The SMILES string of the molecule is COC[C@]1(C(F)(F)F)CCN(CCO)C1. The van der Waals surface area contributed by atoms with Crippen LogP contribution in [0.15, 0.2) is 0 Å². The minimum absolute atomic E-state index is 0.0460. The molecule has 0 aromatic heterocycles. The summed E-state index contributed by atoms with van der Waals surface area (Å²) in [5.74, 6) is 0. The molecule has 6 heteroatoms. The molecule has 1 heterocycles. The van der Waals surface area contributed by atoms with Crippen molar-refractivity contribution in [3.05, 3.63) is 0 Å². The maximum atomic E-state index is 12.8. The number of methoxy groups -OCH3 is 1. The van der Waals surface area contributed by atoms with Crippen LogP contribution in [0.4, 0.5) is 13.2 Å². The molecule has 3 nitrogen and oxygen atoms in total. The molecule has 0 spiro atoms. The largest absolute Gasteiger partial charge is 0.397 e. The van der Waals surface area contributed by atoms with E-state index in [4.69, 9.17) is 5.11 Å². The molecule has 0 aromatic carbocycles. The van der Waals surface area contributed by atoms with E-state index in [9.17, 15) is 13.2 Å². The first-order chi connectivity index (χ1) is 6.95. The molecule has 1 aliphatic rings. The van der Waals surface area contributed by atoms with Gasteiger partial charge >= 0.3 is 6.18 Å². The van der Waals surface area contributed by atoms with Gasteiger partial charge in [-0.1, -0.05) is 0 Å². The standard InChI is InChI=1S/C9H16F3NO2/c1-15-7-8(9(10,11)12)2-3-13(6-8)4-5-14/h14H,2-7H2,1H3/t8-/m0/s1. The Morgan fingerprint density at radius 3 is 2.60 bits per heavy atom. The molecule has 1 saturated heterocycles. The smallest absolute Gasteiger partial charge is 0.395 e. The first-order valence-electron chi connectivity index (χ1n) is 4.84. The van der Waals surface area contributed by atoms with Gasteiger partial charge in [-0.25, -0.2) is 0 Å². The average Bonchev–Trinajstić information content (AvgIpc) is 2.50. The number of aliphatic hydroxyl groups is 1. The number of aliphatic hydroxyl groups excluding tert-OH is 1. The van der Waals surface area contributed by atoms with Gasteiger partial charge in [0.25, 0.3) is 0 Å². The third-order valence-electron chi connectivity index (χ3n) is 2.87. The minimum Gasteiger partial charge on any atom is -0.395 e. The predicted molar refractivity (Wildman–Crippen MR) is 48.5 cm³/mol. The number of hydrogen-bond donors (Lipinski definition) is 1. The van der Waals surface area contributed by atoms with E-state index >= 15 is 0 Å². The molecule has 15 heavy (non-hydrogen) atoms. The quantitative estimate of drug-likeness (QED) is 0.774. The van der Waals surface area contributed by atoms with Gasteiger partial charge in [0.2, 0.25) is 0 Å². The Bertz CT molecular complexity index is 210. The molecule has 0 amide bonds. The number of ether oxygens (including phenoxy) is 1. The van der Waals surface area contributed by atoms with Gasteiger partial charge in [0.05, 0.1) is 13.2 Å². The third-order valence-corrected chi connectivity index (χ3v) is 2.87. The van der Waals surface area contributed by atoms with Crippen molar-refractivity contribution in [2.45, 2.75) is 12.6 Å². The van der Waals surface area contributed by atoms with Crippen molar-refractivity contribution in [3.63, 3.8) is 0 Å². The van der Waals surface area contributed by atoms with Gasteiger partial charge in [0, 0.05) is 20.2 Å². The first-order valence-corrected chi connectivity index (χ1v) is 4.84. The Morgan fingerprint density at radius 1 is 1.47 bits per heavy atom. The number of likely N-dealkylation sites (tertiary alicyclic amines) is 1. The van der Waals surface area contributed by atoms with Crippen molar-refractivity contribution in [2.75, 3.05) is 40.0 Å². The molecular weight excluding hydrogens is 211 g/mol. The van der Waals surface area contributed by atoms with Crippen molar-refractivity contribution in [2.24, 2.45) is 5.41 Å². The highest BCUT2D eigenvalue weighted by Crippen LogP contribution is 2.45. The number of rotatable bonds is 4. The van der Waals surface area contributed by atoms with E-state index in [-0.39, 0.29) is 26.2 Å². The molecule has 0 aromatic rings. The molecule has 0 bridgehead atoms. The summed E-state index contributed by atoms with van der Waals surface area (Å²) in [5.41, 5.74) is -1.75. The van der Waals surface area contributed by atoms with Crippen LogP contribution >= 0.6 is 0 Å². The molecular formula is C9H16F3NO2. The van der Waals surface area contributed by atoms with Gasteiger partial charge in [-0.05, 0) is 13.0 Å². The molecule has 1 fully saturated rings. The zero-order chi connectivity index (χ0) is 11.5. The van der Waals surface area contributed by atoms with Crippen molar-refractivity contribution in [3.8, 4) is 0 Å². The van der Waals surface area contributed by atoms with Crippen LogP contribution in [-0.4, -0.2) is 56.1 Å². The second kappa shape index (κ2) is 4.67. The number of hydrogen-bond acceptors (Lipinski definition) is 3. The molecule has 0 aliphatic carbocycles. The van der Waals surface area contributed by atoms with Crippen LogP contribution in [0.3, 0.4) is 0 Å². The fraction of sp³-hybridized carbons (Fsp3) is 1.00. The third kappa shape index (κ3) is 2.62. The number of nitrogens with zero attached hydrogens (tertiary/aromatic N) is 1. The number of β-amino-alcohol motifs (C(OH)–C–C–N with tert-alkyl or cyclic N) is 1. The van der Waals surface area contributed by atoms with E-state index in [2.05, 4.69) is 4.74 Å². The first kappa shape index (κ1) is 12.7. The van der Waals surface area contributed by atoms with Crippen molar-refractivity contribution < 1.29 is 23.0 Å². The van der Waals surface area contributed by atoms with Crippen LogP contribution < -0.4 is 0 Å². The second-order valence-electron chi connectivity index (χ2n) is 3.96. The zero-order valence-electron chi connectivity index (χ0n) is 8.68. The normalized spacial score (nSPS) is 28.6. The monoisotopic (exact) mass is 227 g/mol. The molecule has 0 radical (unpaired) electrons. The zero-order valence-corrected chi connectivity index (χ0v) is 8.68. The summed E-state index contributed by atoms with van der Waals surface area (Å²) in [6.45, 7) is 0.162. The summed E-state index contributed by atoms with van der Waals surface area (Å²) in [5, 5.41) is 8.68. The van der Waals surface area contributed by atoms with E-state index < -0.39 is 11.6 Å². The second-order valence-corrected chi connectivity index (χ2v) is 3.96. The Labute approximate surface area is 86.8 Å². The van der Waals surface area contributed by atoms with Crippen molar-refractivity contribution in [1.29, 1.82) is 0 Å². The highest BCUT2D eigenvalue weighted by molar-refractivity contribution is 4.95. The Kier molecular flexibility index (Phi) is 3.97. The molecule has 1 N–H and O–H groups in total. The van der Waals surface area contributed by atoms with Crippen LogP contribution in [0.1, 0.15) is 6.42 Å². The van der Waals surface area contributed by atoms with Crippen molar-refractivity contribution in [1.82, 2.24) is 4.90 Å². The van der Waals surface area contributed by atoms with Crippen molar-refractivity contribution >= 4 is 0 Å². The van der Waals surface area contributed by atoms with Crippen LogP contribution in [0.2, 0.25) is 0 Å². The summed E-state index contributed by atoms with van der Waals surface area (Å²) in [7, 11) is 1.28. The molecule has 1 rings (SSSR count). The lowest BCUT2D eigenvalue weighted by molar-refractivity contribution is -0.233. The highest BCUT2D eigenvalue weighted by Gasteiger charge is 2.57. The minimum atomic E-state index is -4.24. The average molecular weight is 227 g/mol. The Morgan fingerprint density at radius 2 is 2.13 bits per heavy atom. The summed E-state index contributed by atoms with van der Waals surface area (Å²) in [6, 6.07) is 0. The lowest BCUT2D eigenvalue weighted by Gasteiger charge is -2.31. The van der Waals surface area contributed by atoms with E-state index in [1.807, 2.05) is 0 Å². The maximum Gasteiger partial charge on any atom is 0.397 e. The lowest BCUT2D eigenvalue weighted by atomic mass is 9.87. The van der Waals surface area contributed by atoms with Gasteiger partial charge in [0.15, 0.2) is 0 Å². The van der Waals surface area contributed by atoms with Crippen LogP contribution in [-0.2, 0) is 4.74 Å². The van der Waals surface area contributed by atoms with E-state index in [0.717, 1.165) is 0 Å². The lowest BCUT2D eigenvalue weighted by Crippen LogP contribution is -2.44. The number of alkyl halides is 3. The van der Waals surface area contributed by atoms with Crippen LogP contribution in [0.25, 0.3) is 0 Å². The predicted octanol–water partition coefficient (Wildman–Crippen LogP) is 0.880. The molecule has 1 aliphatic heterocycles. The topological polar surface area (TPSA) is 32.7 Å². The van der Waals surface area contributed by atoms with Crippen LogP contribution in [0.5, 0.6) is 0 Å². The summed E-state index contributed by atoms with van der Waals surface area (Å²) < 4.78 is 43.2. The number of halogens is 3. The molecule has 1 atom stereocenters. The maximum absolute atomic E-state index is 12.8. The Balaban J connectivity index is 2.69. The molecule has 0 unspecified atom stereocenters. The summed E-state index contributed by atoms with van der Waals surface area (Å²) in [4.78, 5) is 1.62. The van der Waals surface area contributed by atoms with E-state index in [0.29, 0.717) is 13.1 Å². The Hall–Kier alpha value is -0.330. The fourth-order valence-corrected chi connectivity index (χ4v) is 2.00. The van der Waals surface area contributed by atoms with Gasteiger partial charge in [-0.15, -0.1) is 0 Å².